The third-order valence-corrected chi connectivity index (χ3v) is 3.37. The van der Waals surface area contributed by atoms with Gasteiger partial charge >= 0.3 is 0 Å². The number of halogens is 1. The highest BCUT2D eigenvalue weighted by atomic mass is 79.9. The third kappa shape index (κ3) is 2.05. The van der Waals surface area contributed by atoms with E-state index in [9.17, 15) is 0 Å². The molecule has 0 unspecified atom stereocenters. The van der Waals surface area contributed by atoms with Crippen LogP contribution in [0, 0.1) is 0 Å². The number of hydrogen-bond acceptors (Lipinski definition) is 3. The van der Waals surface area contributed by atoms with Crippen molar-refractivity contribution in [3.8, 4) is 0 Å². The fourth-order valence-corrected chi connectivity index (χ4v) is 2.14. The molecule has 0 amide bonds. The predicted octanol–water partition coefficient (Wildman–Crippen LogP) is 2.87. The summed E-state index contributed by atoms with van der Waals surface area (Å²) in [6.07, 6.45) is 8.12. The third-order valence-electron chi connectivity index (χ3n) is 2.76. The van der Waals surface area contributed by atoms with Crippen LogP contribution in [0.3, 0.4) is 0 Å². The summed E-state index contributed by atoms with van der Waals surface area (Å²) in [5.74, 6) is 2.00. The lowest BCUT2D eigenvalue weighted by Gasteiger charge is -2.20. The van der Waals surface area contributed by atoms with E-state index in [1.807, 2.05) is 0 Å². The summed E-state index contributed by atoms with van der Waals surface area (Å²) in [6.45, 7) is 0. The fraction of sp³-hybridized carbons (Fsp3) is 0.600. The molecule has 2 rings (SSSR count). The van der Waals surface area contributed by atoms with Gasteiger partial charge in [0.25, 0.3) is 0 Å². The molecule has 1 fully saturated rings. The molecule has 2 N–H and O–H groups in total. The minimum Gasteiger partial charge on any atom is -0.383 e. The van der Waals surface area contributed by atoms with Gasteiger partial charge in [-0.25, -0.2) is 9.97 Å². The highest BCUT2D eigenvalue weighted by Gasteiger charge is 2.18. The zero-order valence-corrected chi connectivity index (χ0v) is 9.63. The van der Waals surface area contributed by atoms with Gasteiger partial charge in [-0.2, -0.15) is 0 Å². The van der Waals surface area contributed by atoms with Crippen LogP contribution < -0.4 is 5.73 Å². The van der Waals surface area contributed by atoms with Crippen LogP contribution in [0.4, 0.5) is 5.82 Å². The number of nitrogen functional groups attached to an aromatic ring is 1. The summed E-state index contributed by atoms with van der Waals surface area (Å²) in [4.78, 5) is 8.64. The highest BCUT2D eigenvalue weighted by molar-refractivity contribution is 9.10. The van der Waals surface area contributed by atoms with Crippen LogP contribution >= 0.6 is 15.9 Å². The Bertz CT molecular complexity index is 321. The van der Waals surface area contributed by atoms with E-state index < -0.39 is 0 Å². The van der Waals surface area contributed by atoms with Gasteiger partial charge in [-0.15, -0.1) is 0 Å². The molecule has 0 spiro atoms. The average Bonchev–Trinajstić information content (AvgIpc) is 2.23. The Kier molecular flexibility index (Phi) is 3.01. The van der Waals surface area contributed by atoms with Crippen LogP contribution in [-0.2, 0) is 0 Å². The van der Waals surface area contributed by atoms with Crippen LogP contribution in [0.5, 0.6) is 0 Å². The van der Waals surface area contributed by atoms with E-state index in [1.54, 1.807) is 6.20 Å². The second-order valence-corrected chi connectivity index (χ2v) is 4.65. The number of nitrogens with zero attached hydrogens (tertiary/aromatic N) is 2. The first kappa shape index (κ1) is 9.90. The van der Waals surface area contributed by atoms with Gasteiger partial charge in [0.15, 0.2) is 0 Å². The maximum absolute atomic E-state index is 5.73. The van der Waals surface area contributed by atoms with E-state index in [2.05, 4.69) is 25.9 Å². The van der Waals surface area contributed by atoms with Gasteiger partial charge in [-0.1, -0.05) is 19.3 Å². The van der Waals surface area contributed by atoms with Crippen molar-refractivity contribution in [3.05, 3.63) is 16.5 Å². The lowest BCUT2D eigenvalue weighted by molar-refractivity contribution is 0.429. The van der Waals surface area contributed by atoms with E-state index >= 15 is 0 Å². The van der Waals surface area contributed by atoms with E-state index in [-0.39, 0.29) is 0 Å². The molecule has 1 aliphatic rings. The van der Waals surface area contributed by atoms with E-state index in [1.165, 1.54) is 32.1 Å². The molecular formula is C10H14BrN3. The second-order valence-electron chi connectivity index (χ2n) is 3.80. The molecule has 0 saturated heterocycles. The van der Waals surface area contributed by atoms with Crippen LogP contribution in [0.2, 0.25) is 0 Å². The highest BCUT2D eigenvalue weighted by Crippen LogP contribution is 2.31. The summed E-state index contributed by atoms with van der Waals surface area (Å²) in [6, 6.07) is 0. The van der Waals surface area contributed by atoms with E-state index in [0.717, 1.165) is 10.3 Å². The molecule has 0 aromatic carbocycles. The smallest absolute Gasteiger partial charge is 0.141 e. The standard InChI is InChI=1S/C10H14BrN3/c11-8-6-13-10(14-9(8)12)7-4-2-1-3-5-7/h6-7H,1-5H2,(H2,12,13,14). The van der Waals surface area contributed by atoms with Crippen LogP contribution in [-0.4, -0.2) is 9.97 Å². The van der Waals surface area contributed by atoms with Crippen molar-refractivity contribution in [1.82, 2.24) is 9.97 Å². The van der Waals surface area contributed by atoms with Crippen molar-refractivity contribution < 1.29 is 0 Å². The summed E-state index contributed by atoms with van der Waals surface area (Å²) < 4.78 is 0.789. The van der Waals surface area contributed by atoms with Gasteiger partial charge in [0.1, 0.15) is 11.6 Å². The lowest BCUT2D eigenvalue weighted by Crippen LogP contribution is -2.10. The molecular weight excluding hydrogens is 242 g/mol. The number of aromatic nitrogens is 2. The normalized spacial score (nSPS) is 18.4. The minimum absolute atomic E-state index is 0.527. The zero-order chi connectivity index (χ0) is 9.97. The second kappa shape index (κ2) is 4.26. The molecule has 4 heteroatoms. The van der Waals surface area contributed by atoms with Crippen molar-refractivity contribution in [1.29, 1.82) is 0 Å². The lowest BCUT2D eigenvalue weighted by atomic mass is 9.89. The molecule has 0 atom stereocenters. The Morgan fingerprint density at radius 1 is 1.29 bits per heavy atom. The Morgan fingerprint density at radius 3 is 2.64 bits per heavy atom. The fourth-order valence-electron chi connectivity index (χ4n) is 1.95. The molecule has 0 radical (unpaired) electrons. The van der Waals surface area contributed by atoms with Gasteiger partial charge in [0.05, 0.1) is 4.47 Å². The number of hydrogen-bond donors (Lipinski definition) is 1. The van der Waals surface area contributed by atoms with Gasteiger partial charge in [0.2, 0.25) is 0 Å². The van der Waals surface area contributed by atoms with Gasteiger partial charge in [-0.3, -0.25) is 0 Å². The van der Waals surface area contributed by atoms with E-state index in [4.69, 9.17) is 5.73 Å². The maximum atomic E-state index is 5.73. The largest absolute Gasteiger partial charge is 0.383 e. The molecule has 0 aliphatic heterocycles. The topological polar surface area (TPSA) is 51.8 Å². The molecule has 76 valence electrons. The molecule has 0 bridgehead atoms. The van der Waals surface area contributed by atoms with Crippen molar-refractivity contribution in [2.24, 2.45) is 0 Å². The van der Waals surface area contributed by atoms with Crippen molar-refractivity contribution in [2.75, 3.05) is 5.73 Å². The average molecular weight is 256 g/mol. The number of nitrogens with two attached hydrogens (primary N) is 1. The SMILES string of the molecule is Nc1nc(C2CCCCC2)ncc1Br. The monoisotopic (exact) mass is 255 g/mol. The molecule has 1 aliphatic carbocycles. The summed E-state index contributed by atoms with van der Waals surface area (Å²) >= 11 is 3.30. The zero-order valence-electron chi connectivity index (χ0n) is 8.04. The molecule has 1 saturated carbocycles. The van der Waals surface area contributed by atoms with E-state index in [0.29, 0.717) is 11.7 Å². The summed E-state index contributed by atoms with van der Waals surface area (Å²) in [5.41, 5.74) is 5.73. The quantitative estimate of drug-likeness (QED) is 0.840. The predicted molar refractivity (Wildman–Crippen MR) is 60.0 cm³/mol. The first-order chi connectivity index (χ1) is 6.77. The van der Waals surface area contributed by atoms with Gasteiger partial charge in [0, 0.05) is 12.1 Å². The van der Waals surface area contributed by atoms with Gasteiger partial charge in [-0.05, 0) is 28.8 Å². The van der Waals surface area contributed by atoms with Crippen molar-refractivity contribution in [3.63, 3.8) is 0 Å². The maximum Gasteiger partial charge on any atom is 0.141 e. The van der Waals surface area contributed by atoms with Crippen LogP contribution in [0.1, 0.15) is 43.8 Å². The number of anilines is 1. The molecule has 1 heterocycles. The van der Waals surface area contributed by atoms with Crippen molar-refractivity contribution >= 4 is 21.7 Å². The Labute approximate surface area is 92.3 Å². The summed E-state index contributed by atoms with van der Waals surface area (Å²) in [5, 5.41) is 0. The van der Waals surface area contributed by atoms with Crippen LogP contribution in [0.15, 0.2) is 10.7 Å². The Balaban J connectivity index is 2.18. The Morgan fingerprint density at radius 2 is 2.00 bits per heavy atom. The molecule has 3 nitrogen and oxygen atoms in total. The molecule has 14 heavy (non-hydrogen) atoms. The van der Waals surface area contributed by atoms with Gasteiger partial charge < -0.3 is 5.73 Å². The first-order valence-electron chi connectivity index (χ1n) is 5.05. The first-order valence-corrected chi connectivity index (χ1v) is 5.84. The summed E-state index contributed by atoms with van der Waals surface area (Å²) in [7, 11) is 0. The Hall–Kier alpha value is -0.640. The molecule has 1 aromatic rings. The number of rotatable bonds is 1. The molecule has 1 aromatic heterocycles. The minimum atomic E-state index is 0.527. The van der Waals surface area contributed by atoms with Crippen molar-refractivity contribution in [2.45, 2.75) is 38.0 Å². The van der Waals surface area contributed by atoms with Crippen LogP contribution in [0.25, 0.3) is 0 Å².